The Hall–Kier alpha value is -2.33. The van der Waals surface area contributed by atoms with E-state index in [1.165, 1.54) is 99.3 Å². The number of likely N-dealkylation sites (N-methyl/N-ethyl adjacent to an activating group) is 1. The number of nitrogens with one attached hydrogen (secondary N) is 5. The van der Waals surface area contributed by atoms with Gasteiger partial charge in [-0.1, -0.05) is 119 Å². The second-order valence-electron chi connectivity index (χ2n) is 13.9. The lowest BCUT2D eigenvalue weighted by molar-refractivity contribution is -0.137. The second kappa shape index (κ2) is 73.6. The van der Waals surface area contributed by atoms with Crippen LogP contribution in [0.4, 0.5) is 0 Å². The fraction of sp³-hybridized carbons (Fsp3) is 0.822. The van der Waals surface area contributed by atoms with Gasteiger partial charge in [0.15, 0.2) is 0 Å². The van der Waals surface area contributed by atoms with Crippen LogP contribution in [0.5, 0.6) is 0 Å². The number of ether oxygens (including phenoxy) is 4. The summed E-state index contributed by atoms with van der Waals surface area (Å²) in [6, 6.07) is -1.05. The molecule has 0 aromatic rings. The minimum Gasteiger partial charge on any atom is -0.481 e. The number of amides is 3. The molecule has 3 amide bonds. The third-order valence-electron chi connectivity index (χ3n) is 8.22. The van der Waals surface area contributed by atoms with Crippen molar-refractivity contribution in [1.82, 2.24) is 25.0 Å². The molecule has 0 bridgehead atoms. The maximum Gasteiger partial charge on any atom is 0.303 e. The third-order valence-corrected chi connectivity index (χ3v) is 11.5. The fourth-order valence-corrected chi connectivity index (χ4v) is 7.85. The summed E-state index contributed by atoms with van der Waals surface area (Å²) in [5, 5.41) is 24.0. The smallest absolute Gasteiger partial charge is 0.303 e. The molecule has 0 rings (SSSR count). The normalized spacial score (nSPS) is 10.8. The lowest BCUT2D eigenvalue weighted by Crippen LogP contribution is -2.47. The molecule has 0 radical (unpaired) electrons. The summed E-state index contributed by atoms with van der Waals surface area (Å²) in [7, 11) is 6.04. The number of carbonyl (C=O) groups excluding carboxylic acids is 7. The van der Waals surface area contributed by atoms with Crippen LogP contribution in [0.25, 0.3) is 0 Å². The maximum atomic E-state index is 11.8. The number of carboxylic acids is 1. The van der Waals surface area contributed by atoms with Crippen molar-refractivity contribution in [3.05, 3.63) is 0 Å². The van der Waals surface area contributed by atoms with Crippen LogP contribution in [-0.4, -0.2) is 163 Å². The number of hydrogen-bond acceptors (Lipinski definition) is 18. The average Bonchev–Trinajstić information content (AvgIpc) is 3.33. The van der Waals surface area contributed by atoms with Crippen LogP contribution in [0, 0.1) is 0 Å². The van der Waals surface area contributed by atoms with Gasteiger partial charge in [0.05, 0.1) is 45.7 Å². The van der Waals surface area contributed by atoms with E-state index in [0.717, 1.165) is 51.2 Å². The number of carboxylic acid groups (broad SMARTS) is 1. The van der Waals surface area contributed by atoms with Crippen LogP contribution in [0.15, 0.2) is 0 Å². The largest absolute Gasteiger partial charge is 0.481 e. The van der Waals surface area contributed by atoms with Gasteiger partial charge in [-0.25, -0.2) is 9.01 Å². The highest BCUT2D eigenvalue weighted by atomic mass is 127. The number of primary amides is 1. The quantitative estimate of drug-likeness (QED) is 0.00973. The topological polar surface area (TPSA) is 300 Å². The molecule has 20 nitrogen and oxygen atoms in total. The first-order valence-electron chi connectivity index (χ1n) is 23.6. The first-order valence-corrected chi connectivity index (χ1v) is 27.2. The Labute approximate surface area is 429 Å². The van der Waals surface area contributed by atoms with E-state index in [2.05, 4.69) is 19.5 Å². The molecular weight excluding hydrogens is 1040 g/mol. The number of halogens is 1. The zero-order valence-electron chi connectivity index (χ0n) is 41.9. The lowest BCUT2D eigenvalue weighted by Gasteiger charge is -2.15. The van der Waals surface area contributed by atoms with Crippen LogP contribution >= 0.6 is 44.5 Å². The van der Waals surface area contributed by atoms with Crippen LogP contribution in [-0.2, 0) is 57.3 Å². The highest BCUT2D eigenvalue weighted by Gasteiger charge is 2.18. The first-order chi connectivity index (χ1) is 33.0. The Morgan fingerprint density at radius 2 is 1.15 bits per heavy atom. The maximum absolute atomic E-state index is 11.8. The summed E-state index contributed by atoms with van der Waals surface area (Å²) in [6.07, 6.45) is 22.3. The molecule has 0 aliphatic heterocycles. The highest BCUT2D eigenvalue weighted by Crippen LogP contribution is 2.23. The number of rotatable bonds is 44. The van der Waals surface area contributed by atoms with Crippen molar-refractivity contribution >= 4 is 93.8 Å². The third kappa shape index (κ3) is 77.9. The molecule has 0 aromatic carbocycles. The van der Waals surface area contributed by atoms with Crippen LogP contribution in [0.3, 0.4) is 0 Å². The molecule has 9 N–H and O–H groups in total. The Kier molecular flexibility index (Phi) is 83.5. The van der Waals surface area contributed by atoms with Gasteiger partial charge in [0.1, 0.15) is 44.9 Å². The monoisotopic (exact) mass is 1130 g/mol. The van der Waals surface area contributed by atoms with Gasteiger partial charge in [0.25, 0.3) is 0 Å². The van der Waals surface area contributed by atoms with E-state index in [4.69, 9.17) is 39.8 Å². The second-order valence-corrected chi connectivity index (χ2v) is 17.1. The molecular formula is C45H91IN6O14S2. The number of nitrogens with two attached hydrogens (primary N) is 1. The molecule has 0 aliphatic rings. The minimum absolute atomic E-state index is 0.0540. The van der Waals surface area contributed by atoms with Gasteiger partial charge in [0, 0.05) is 73.8 Å². The lowest BCUT2D eigenvalue weighted by atomic mass is 10.0. The molecule has 0 saturated carbocycles. The van der Waals surface area contributed by atoms with E-state index in [0.29, 0.717) is 76.8 Å². The van der Waals surface area contributed by atoms with Gasteiger partial charge in [-0.05, 0) is 26.3 Å². The van der Waals surface area contributed by atoms with Gasteiger partial charge in [-0.15, -0.1) is 0 Å². The molecule has 0 fully saturated rings. The van der Waals surface area contributed by atoms with Crippen molar-refractivity contribution < 1.29 is 67.6 Å². The van der Waals surface area contributed by atoms with E-state index in [-0.39, 0.29) is 25.2 Å². The van der Waals surface area contributed by atoms with Crippen molar-refractivity contribution in [1.29, 1.82) is 0 Å². The summed E-state index contributed by atoms with van der Waals surface area (Å²) in [4.78, 5) is 83.2. The zero-order chi connectivity index (χ0) is 52.6. The van der Waals surface area contributed by atoms with Crippen molar-refractivity contribution in [3.63, 3.8) is 0 Å². The number of hydroxylamine groups is 1. The number of unbranched alkanes of at least 4 members (excludes halogenated alkanes) is 14. The van der Waals surface area contributed by atoms with Gasteiger partial charge in [-0.3, -0.25) is 19.2 Å². The summed E-state index contributed by atoms with van der Waals surface area (Å²) in [6.45, 7) is 11.7. The Morgan fingerprint density at radius 3 is 1.59 bits per heavy atom. The van der Waals surface area contributed by atoms with Crippen molar-refractivity contribution in [3.8, 4) is 0 Å². The molecule has 0 saturated heterocycles. The molecule has 0 aliphatic carbocycles. The number of carbonyl (C=O) groups is 8. The molecule has 404 valence electrons. The molecule has 0 aromatic heterocycles. The van der Waals surface area contributed by atoms with Crippen molar-refractivity contribution in [2.24, 2.45) is 5.73 Å². The molecule has 0 heterocycles. The summed E-state index contributed by atoms with van der Waals surface area (Å²) in [5.41, 5.74) is 7.04. The highest BCUT2D eigenvalue weighted by molar-refractivity contribution is 14.1. The standard InChI is InChI=1S/C18H34O3.C13H25IN4O5S2.C10H19NO4.C2H6.CH5NO.CH2O/c19-17-15-13-11-9-7-5-3-1-2-4-6-8-10-12-14-16-18(20)21;1-16-2-3-22-4-5-23-7-12(20)17-11(13(15)21)9-25-24-8-10(6-19)18-14;1-2-3-10(13)11-4-6-14-8-9-15-7-5-12;1-2;1-2-3;1-2/h17H,1-16H2,(H,20,21);6,10-11,16,18H,2-5,7-9H2,1H3,(H2,15,21)(H,17,20);5H,2-4,6-9H2,1H3,(H,11,13);1-2H3;2-3H,1H3;1H2. The zero-order valence-corrected chi connectivity index (χ0v) is 45.7. The van der Waals surface area contributed by atoms with Gasteiger partial charge < -0.3 is 70.1 Å². The Balaban J connectivity index is -0.000000203. The molecule has 2 atom stereocenters. The average molecular weight is 1130 g/mol. The molecule has 0 spiro atoms. The van der Waals surface area contributed by atoms with E-state index in [9.17, 15) is 33.6 Å². The number of hydrogen-bond donors (Lipinski definition) is 8. The first kappa shape index (κ1) is 77.1. The Morgan fingerprint density at radius 1 is 0.676 bits per heavy atom. The SMILES string of the molecule is C=O.CC.CCCC(=O)NCCOCCOCC=O.CNCCOCCOCC(=O)NC(CSSCC(C=O)NI)C(N)=O.CNO.O=CCCCCCCCCCCCCCCCCC(=O)O. The molecule has 68 heavy (non-hydrogen) atoms. The number of aldehydes is 3. The van der Waals surface area contributed by atoms with Gasteiger partial charge >= 0.3 is 5.97 Å². The van der Waals surface area contributed by atoms with Crippen molar-refractivity contribution in [2.75, 3.05) is 91.5 Å². The summed E-state index contributed by atoms with van der Waals surface area (Å²) >= 11 is 1.91. The van der Waals surface area contributed by atoms with E-state index in [1.54, 1.807) is 5.48 Å². The van der Waals surface area contributed by atoms with Gasteiger partial charge in [-0.2, -0.15) is 0 Å². The van der Waals surface area contributed by atoms with Crippen LogP contribution < -0.4 is 30.7 Å². The van der Waals surface area contributed by atoms with Crippen LogP contribution in [0.1, 0.15) is 136 Å². The minimum atomic E-state index is -0.789. The summed E-state index contributed by atoms with van der Waals surface area (Å²) in [5.74, 6) is -0.782. The van der Waals surface area contributed by atoms with Crippen LogP contribution in [0.2, 0.25) is 0 Å². The Bertz CT molecular complexity index is 1100. The molecule has 23 heteroatoms. The summed E-state index contributed by atoms with van der Waals surface area (Å²) < 4.78 is 23.3. The number of aliphatic carboxylic acids is 1. The van der Waals surface area contributed by atoms with E-state index < -0.39 is 23.8 Å². The molecule has 2 unspecified atom stereocenters. The fourth-order valence-electron chi connectivity index (χ4n) is 4.88. The predicted molar refractivity (Wildman–Crippen MR) is 281 cm³/mol. The van der Waals surface area contributed by atoms with Gasteiger partial charge in [0.2, 0.25) is 17.7 Å². The van der Waals surface area contributed by atoms with Crippen molar-refractivity contribution in [2.45, 2.75) is 148 Å². The van der Waals surface area contributed by atoms with E-state index in [1.807, 2.05) is 57.5 Å². The predicted octanol–water partition coefficient (Wildman–Crippen LogP) is 5.18. The van der Waals surface area contributed by atoms with E-state index >= 15 is 0 Å².